The largest absolute Gasteiger partial charge is 0.345 e. The van der Waals surface area contributed by atoms with E-state index < -0.39 is 5.92 Å². The van der Waals surface area contributed by atoms with E-state index in [1.807, 2.05) is 37.3 Å². The van der Waals surface area contributed by atoms with E-state index in [1.165, 1.54) is 0 Å². The van der Waals surface area contributed by atoms with E-state index in [9.17, 15) is 14.4 Å². The van der Waals surface area contributed by atoms with Crippen molar-refractivity contribution in [2.24, 2.45) is 5.92 Å². The third-order valence-corrected chi connectivity index (χ3v) is 5.96. The van der Waals surface area contributed by atoms with Gasteiger partial charge in [0.2, 0.25) is 11.8 Å². The summed E-state index contributed by atoms with van der Waals surface area (Å²) in [6.45, 7) is 2.18. The summed E-state index contributed by atoms with van der Waals surface area (Å²) in [5.41, 5.74) is 2.47. The zero-order valence-corrected chi connectivity index (χ0v) is 18.9. The molecule has 3 aromatic carbocycles. The van der Waals surface area contributed by atoms with E-state index in [2.05, 4.69) is 10.6 Å². The molecule has 0 saturated carbocycles. The van der Waals surface area contributed by atoms with Crippen LogP contribution in [0.15, 0.2) is 78.9 Å². The fraction of sp³-hybridized carbons (Fsp3) is 0.192. The quantitative estimate of drug-likeness (QED) is 0.552. The number of carbonyl (C=O) groups is 3. The summed E-state index contributed by atoms with van der Waals surface area (Å²) in [4.78, 5) is 40.0. The first-order valence-corrected chi connectivity index (χ1v) is 11.1. The zero-order valence-electron chi connectivity index (χ0n) is 18.1. The standard InChI is InChI=1S/C26H24ClN3O3/c1-17(18-7-3-2-4-8-18)28-26(33)22-9-5-6-10-23(22)29-25(32)19-15-24(31)30(16-19)21-13-11-20(27)12-14-21/h2-14,17,19H,15-16H2,1H3,(H,28,33)(H,29,32)/t17-,19+/m0/s1. The topological polar surface area (TPSA) is 78.5 Å². The summed E-state index contributed by atoms with van der Waals surface area (Å²) in [5, 5.41) is 6.40. The van der Waals surface area contributed by atoms with E-state index in [-0.39, 0.29) is 36.7 Å². The summed E-state index contributed by atoms with van der Waals surface area (Å²) in [7, 11) is 0. The number of para-hydroxylation sites is 1. The maximum absolute atomic E-state index is 13.0. The molecule has 3 aromatic rings. The molecule has 0 aromatic heterocycles. The van der Waals surface area contributed by atoms with Crippen molar-refractivity contribution in [1.82, 2.24) is 5.32 Å². The fourth-order valence-electron chi connectivity index (χ4n) is 3.88. The van der Waals surface area contributed by atoms with Gasteiger partial charge >= 0.3 is 0 Å². The molecule has 2 N–H and O–H groups in total. The summed E-state index contributed by atoms with van der Waals surface area (Å²) < 4.78 is 0. The van der Waals surface area contributed by atoms with Crippen LogP contribution < -0.4 is 15.5 Å². The van der Waals surface area contributed by atoms with Crippen LogP contribution in [0.1, 0.15) is 35.3 Å². The Hall–Kier alpha value is -3.64. The molecule has 168 valence electrons. The molecule has 0 radical (unpaired) electrons. The number of halogens is 1. The number of amides is 3. The maximum Gasteiger partial charge on any atom is 0.253 e. The minimum absolute atomic E-state index is 0.105. The Bertz CT molecular complexity index is 1160. The Balaban J connectivity index is 1.44. The summed E-state index contributed by atoms with van der Waals surface area (Å²) >= 11 is 5.93. The van der Waals surface area contributed by atoms with Gasteiger partial charge < -0.3 is 15.5 Å². The average Bonchev–Trinajstić information content (AvgIpc) is 3.22. The number of hydrogen-bond acceptors (Lipinski definition) is 3. The molecule has 33 heavy (non-hydrogen) atoms. The van der Waals surface area contributed by atoms with Crippen molar-refractivity contribution < 1.29 is 14.4 Å². The van der Waals surface area contributed by atoms with Crippen LogP contribution in [0, 0.1) is 5.92 Å². The molecular formula is C26H24ClN3O3. The molecule has 1 aliphatic heterocycles. The molecule has 1 aliphatic rings. The SMILES string of the molecule is C[C@H](NC(=O)c1ccccc1NC(=O)[C@@H]1CC(=O)N(c2ccc(Cl)cc2)C1)c1ccccc1. The monoisotopic (exact) mass is 461 g/mol. The lowest BCUT2D eigenvalue weighted by Crippen LogP contribution is -2.30. The van der Waals surface area contributed by atoms with E-state index in [1.54, 1.807) is 53.4 Å². The Morgan fingerprint density at radius 2 is 1.64 bits per heavy atom. The van der Waals surface area contributed by atoms with Crippen molar-refractivity contribution in [2.45, 2.75) is 19.4 Å². The molecule has 7 heteroatoms. The highest BCUT2D eigenvalue weighted by atomic mass is 35.5. The third-order valence-electron chi connectivity index (χ3n) is 5.71. The second-order valence-electron chi connectivity index (χ2n) is 8.02. The van der Waals surface area contributed by atoms with Crippen molar-refractivity contribution >= 4 is 40.7 Å². The van der Waals surface area contributed by atoms with Gasteiger partial charge in [0.25, 0.3) is 5.91 Å². The molecule has 0 bridgehead atoms. The van der Waals surface area contributed by atoms with Crippen molar-refractivity contribution in [1.29, 1.82) is 0 Å². The maximum atomic E-state index is 13.0. The van der Waals surface area contributed by atoms with Crippen LogP contribution in [0.2, 0.25) is 5.02 Å². The second kappa shape index (κ2) is 9.88. The van der Waals surface area contributed by atoms with E-state index in [0.717, 1.165) is 5.56 Å². The molecule has 1 fully saturated rings. The van der Waals surface area contributed by atoms with Gasteiger partial charge in [-0.3, -0.25) is 14.4 Å². The Labute approximate surface area is 197 Å². The van der Waals surface area contributed by atoms with Gasteiger partial charge in [-0.2, -0.15) is 0 Å². The predicted molar refractivity (Wildman–Crippen MR) is 129 cm³/mol. The predicted octanol–water partition coefficient (Wildman–Crippen LogP) is 4.82. The van der Waals surface area contributed by atoms with Crippen LogP contribution in [0.5, 0.6) is 0 Å². The Morgan fingerprint density at radius 3 is 2.36 bits per heavy atom. The second-order valence-corrected chi connectivity index (χ2v) is 8.46. The number of carbonyl (C=O) groups excluding carboxylic acids is 3. The highest BCUT2D eigenvalue weighted by Crippen LogP contribution is 2.28. The van der Waals surface area contributed by atoms with Crippen LogP contribution in [0.25, 0.3) is 0 Å². The molecule has 2 atom stereocenters. The summed E-state index contributed by atoms with van der Waals surface area (Å²) in [5.74, 6) is -1.23. The number of anilines is 2. The van der Waals surface area contributed by atoms with Gasteiger partial charge in [-0.15, -0.1) is 0 Å². The number of rotatable bonds is 6. The smallest absolute Gasteiger partial charge is 0.253 e. The number of nitrogens with zero attached hydrogens (tertiary/aromatic N) is 1. The van der Waals surface area contributed by atoms with E-state index >= 15 is 0 Å². The van der Waals surface area contributed by atoms with Crippen molar-refractivity contribution in [3.63, 3.8) is 0 Å². The third kappa shape index (κ3) is 5.23. The highest BCUT2D eigenvalue weighted by Gasteiger charge is 2.35. The molecule has 0 unspecified atom stereocenters. The highest BCUT2D eigenvalue weighted by molar-refractivity contribution is 6.30. The Kier molecular flexibility index (Phi) is 6.75. The van der Waals surface area contributed by atoms with Crippen LogP contribution in [0.3, 0.4) is 0 Å². The first-order chi connectivity index (χ1) is 15.9. The minimum Gasteiger partial charge on any atom is -0.345 e. The van der Waals surface area contributed by atoms with Gasteiger partial charge in [-0.1, -0.05) is 54.1 Å². The number of hydrogen-bond donors (Lipinski definition) is 2. The van der Waals surface area contributed by atoms with Crippen LogP contribution in [-0.4, -0.2) is 24.3 Å². The normalized spacial score (nSPS) is 16.4. The van der Waals surface area contributed by atoms with Gasteiger partial charge in [0.1, 0.15) is 0 Å². The lowest BCUT2D eigenvalue weighted by molar-refractivity contribution is -0.122. The van der Waals surface area contributed by atoms with Crippen LogP contribution in [-0.2, 0) is 9.59 Å². The van der Waals surface area contributed by atoms with Gasteiger partial charge in [-0.05, 0) is 48.9 Å². The molecule has 4 rings (SSSR count). The van der Waals surface area contributed by atoms with Crippen molar-refractivity contribution in [3.8, 4) is 0 Å². The molecule has 1 heterocycles. The average molecular weight is 462 g/mol. The van der Waals surface area contributed by atoms with Gasteiger partial charge in [0.15, 0.2) is 0 Å². The minimum atomic E-state index is -0.521. The molecule has 3 amide bonds. The summed E-state index contributed by atoms with van der Waals surface area (Å²) in [6.07, 6.45) is 0.105. The number of benzene rings is 3. The van der Waals surface area contributed by atoms with Crippen molar-refractivity contribution in [3.05, 3.63) is 95.0 Å². The van der Waals surface area contributed by atoms with E-state index in [0.29, 0.717) is 22.0 Å². The van der Waals surface area contributed by atoms with Gasteiger partial charge in [0, 0.05) is 23.7 Å². The lowest BCUT2D eigenvalue weighted by atomic mass is 10.1. The number of nitrogens with one attached hydrogen (secondary N) is 2. The summed E-state index contributed by atoms with van der Waals surface area (Å²) in [6, 6.07) is 23.3. The Morgan fingerprint density at radius 1 is 0.970 bits per heavy atom. The van der Waals surface area contributed by atoms with Gasteiger partial charge in [-0.25, -0.2) is 0 Å². The molecule has 1 saturated heterocycles. The van der Waals surface area contributed by atoms with Crippen LogP contribution in [0.4, 0.5) is 11.4 Å². The molecule has 0 aliphatic carbocycles. The molecule has 6 nitrogen and oxygen atoms in total. The van der Waals surface area contributed by atoms with Crippen LogP contribution >= 0.6 is 11.6 Å². The van der Waals surface area contributed by atoms with Gasteiger partial charge in [0.05, 0.1) is 23.2 Å². The molecular weight excluding hydrogens is 438 g/mol. The molecule has 0 spiro atoms. The van der Waals surface area contributed by atoms with E-state index in [4.69, 9.17) is 11.6 Å². The first-order valence-electron chi connectivity index (χ1n) is 10.7. The lowest BCUT2D eigenvalue weighted by Gasteiger charge is -2.18. The fourth-order valence-corrected chi connectivity index (χ4v) is 4.00. The first kappa shape index (κ1) is 22.6. The zero-order chi connectivity index (χ0) is 23.4. The van der Waals surface area contributed by atoms with Crippen molar-refractivity contribution in [2.75, 3.05) is 16.8 Å².